The quantitative estimate of drug-likeness (QED) is 0.320. The van der Waals surface area contributed by atoms with Crippen LogP contribution in [0.25, 0.3) is 16.7 Å². The molecule has 2 saturated heterocycles. The number of rotatable bonds is 7. The number of carbonyl (C=O) groups is 1. The van der Waals surface area contributed by atoms with Crippen molar-refractivity contribution in [2.45, 2.75) is 31.7 Å². The number of nitrogens with two attached hydrogens (primary N) is 1. The van der Waals surface area contributed by atoms with E-state index in [2.05, 4.69) is 48.6 Å². The van der Waals surface area contributed by atoms with Gasteiger partial charge in [-0.25, -0.2) is 4.98 Å². The van der Waals surface area contributed by atoms with Crippen molar-refractivity contribution in [3.8, 4) is 11.4 Å². The zero-order chi connectivity index (χ0) is 27.6. The number of nitrogen functional groups attached to an aromatic ring is 1. The Balaban J connectivity index is 1.25. The molecule has 40 heavy (non-hydrogen) atoms. The van der Waals surface area contributed by atoms with Crippen LogP contribution in [0.5, 0.6) is 5.75 Å². The number of ether oxygens (including phenoxy) is 1. The molecule has 2 fully saturated rings. The molecular formula is C30H36N8O2. The first kappa shape index (κ1) is 25.9. The molecular weight excluding hydrogens is 504 g/mol. The molecule has 0 saturated carbocycles. The van der Waals surface area contributed by atoms with E-state index in [-0.39, 0.29) is 5.91 Å². The third kappa shape index (κ3) is 4.90. The lowest BCUT2D eigenvalue weighted by Gasteiger charge is -2.38. The van der Waals surface area contributed by atoms with Gasteiger partial charge in [0.15, 0.2) is 5.82 Å². The van der Waals surface area contributed by atoms with Crippen molar-refractivity contribution in [3.63, 3.8) is 0 Å². The second-order valence-corrected chi connectivity index (χ2v) is 10.4. The van der Waals surface area contributed by atoms with Crippen molar-refractivity contribution >= 4 is 40.1 Å². The summed E-state index contributed by atoms with van der Waals surface area (Å²) in [7, 11) is 3.29. The highest BCUT2D eigenvalue weighted by Gasteiger charge is 2.27. The van der Waals surface area contributed by atoms with Crippen molar-refractivity contribution in [2.75, 3.05) is 56.3 Å². The maximum Gasteiger partial charge on any atom is 0.253 e. The van der Waals surface area contributed by atoms with E-state index < -0.39 is 0 Å². The van der Waals surface area contributed by atoms with Crippen LogP contribution in [0.15, 0.2) is 54.7 Å². The highest BCUT2D eigenvalue weighted by molar-refractivity contribution is 6.00. The van der Waals surface area contributed by atoms with Gasteiger partial charge in [0.1, 0.15) is 11.3 Å². The number of aromatic nitrogens is 3. The average molecular weight is 541 g/mol. The van der Waals surface area contributed by atoms with E-state index >= 15 is 0 Å². The monoisotopic (exact) mass is 540 g/mol. The van der Waals surface area contributed by atoms with Crippen molar-refractivity contribution < 1.29 is 9.53 Å². The molecule has 2 aliphatic rings. The van der Waals surface area contributed by atoms with Gasteiger partial charge >= 0.3 is 0 Å². The third-order valence-corrected chi connectivity index (χ3v) is 8.12. The molecule has 4 N–H and O–H groups in total. The number of amides is 1. The van der Waals surface area contributed by atoms with Crippen LogP contribution in [0.2, 0.25) is 0 Å². The second kappa shape index (κ2) is 11.1. The van der Waals surface area contributed by atoms with E-state index in [4.69, 9.17) is 10.5 Å². The van der Waals surface area contributed by atoms with Crippen molar-refractivity contribution in [2.24, 2.45) is 0 Å². The Kier molecular flexibility index (Phi) is 7.17. The largest absolute Gasteiger partial charge is 0.494 e. The molecule has 0 atom stereocenters. The zero-order valence-corrected chi connectivity index (χ0v) is 23.1. The maximum absolute atomic E-state index is 12.3. The number of nitrogens with one attached hydrogen (secondary N) is 2. The Hall–Kier alpha value is -4.31. The summed E-state index contributed by atoms with van der Waals surface area (Å²) < 4.78 is 7.82. The van der Waals surface area contributed by atoms with Gasteiger partial charge in [0, 0.05) is 44.1 Å². The van der Waals surface area contributed by atoms with Gasteiger partial charge < -0.3 is 35.5 Å². The number of fused-ring (bicyclic) bond motifs is 1. The van der Waals surface area contributed by atoms with Crippen LogP contribution in [0, 0.1) is 0 Å². The number of para-hydroxylation sites is 1. The van der Waals surface area contributed by atoms with Crippen LogP contribution in [-0.4, -0.2) is 71.7 Å². The van der Waals surface area contributed by atoms with Gasteiger partial charge in [-0.05, 0) is 69.1 Å². The first-order chi connectivity index (χ1) is 19.6. The minimum atomic E-state index is -0.199. The average Bonchev–Trinajstić information content (AvgIpc) is 3.68. The van der Waals surface area contributed by atoms with Gasteiger partial charge in [0.05, 0.1) is 29.6 Å². The van der Waals surface area contributed by atoms with E-state index in [0.29, 0.717) is 40.1 Å². The first-order valence-electron chi connectivity index (χ1n) is 14.0. The van der Waals surface area contributed by atoms with E-state index in [1.165, 1.54) is 44.5 Å². The van der Waals surface area contributed by atoms with E-state index in [9.17, 15) is 4.79 Å². The van der Waals surface area contributed by atoms with Gasteiger partial charge in [-0.3, -0.25) is 4.79 Å². The molecule has 2 aromatic heterocycles. The molecule has 0 radical (unpaired) electrons. The Morgan fingerprint density at radius 1 is 1.02 bits per heavy atom. The Morgan fingerprint density at radius 3 is 2.55 bits per heavy atom. The van der Waals surface area contributed by atoms with Crippen LogP contribution in [0.1, 0.15) is 36.0 Å². The molecule has 0 spiro atoms. The number of nitrogens with zero attached hydrogens (tertiary/aromatic N) is 5. The molecule has 0 unspecified atom stereocenters. The van der Waals surface area contributed by atoms with Crippen molar-refractivity contribution in [1.29, 1.82) is 0 Å². The fraction of sp³-hybridized carbons (Fsp3) is 0.367. The Bertz CT molecular complexity index is 1520. The number of likely N-dealkylation sites (tertiary alicyclic amines) is 1. The minimum Gasteiger partial charge on any atom is -0.494 e. The maximum atomic E-state index is 12.3. The lowest BCUT2D eigenvalue weighted by atomic mass is 10.0. The van der Waals surface area contributed by atoms with Crippen molar-refractivity contribution in [1.82, 2.24) is 24.8 Å². The summed E-state index contributed by atoms with van der Waals surface area (Å²) in [5.74, 6) is 1.20. The normalized spacial score (nSPS) is 16.4. The standard InChI is InChI=1S/C30H36N8O2/c1-32-29(39)22-7-3-4-8-23(22)33-30-34-24-13-18-38(27(24)28(31)35-30)25-10-9-21(19-26(25)40-2)37-16-11-20(12-17-37)36-14-5-6-15-36/h3-4,7-10,13,18-20H,5-6,11-12,14-17H2,1-2H3,(H,32,39)(H3,31,33,34,35). The van der Waals surface area contributed by atoms with Crippen LogP contribution in [0.3, 0.4) is 0 Å². The van der Waals surface area contributed by atoms with E-state index in [1.807, 2.05) is 29.0 Å². The summed E-state index contributed by atoms with van der Waals surface area (Å²) in [5, 5.41) is 5.81. The molecule has 10 nitrogen and oxygen atoms in total. The summed E-state index contributed by atoms with van der Waals surface area (Å²) in [6.07, 6.45) is 7.00. The number of piperidine rings is 1. The van der Waals surface area contributed by atoms with Crippen molar-refractivity contribution in [3.05, 3.63) is 60.3 Å². The number of anilines is 4. The summed E-state index contributed by atoms with van der Waals surface area (Å²) in [4.78, 5) is 26.6. The van der Waals surface area contributed by atoms with Gasteiger partial charge in [-0.15, -0.1) is 0 Å². The topological polar surface area (TPSA) is 114 Å². The van der Waals surface area contributed by atoms with Crippen LogP contribution >= 0.6 is 0 Å². The van der Waals surface area contributed by atoms with Crippen LogP contribution in [-0.2, 0) is 0 Å². The second-order valence-electron chi connectivity index (χ2n) is 10.4. The first-order valence-corrected chi connectivity index (χ1v) is 14.0. The lowest BCUT2D eigenvalue weighted by Crippen LogP contribution is -2.43. The number of methoxy groups -OCH3 is 1. The molecule has 0 aliphatic carbocycles. The molecule has 208 valence electrons. The predicted octanol–water partition coefficient (Wildman–Crippen LogP) is 4.18. The lowest BCUT2D eigenvalue weighted by molar-refractivity contribution is 0.0964. The molecule has 1 amide bonds. The smallest absolute Gasteiger partial charge is 0.253 e. The van der Waals surface area contributed by atoms with E-state index in [0.717, 1.165) is 24.5 Å². The summed E-state index contributed by atoms with van der Waals surface area (Å²) >= 11 is 0. The Morgan fingerprint density at radius 2 is 1.80 bits per heavy atom. The SMILES string of the molecule is CNC(=O)c1ccccc1Nc1nc(N)c2c(ccn2-c2ccc(N3CCC(N4CCCC4)CC3)cc2OC)n1. The molecule has 4 aromatic rings. The zero-order valence-electron chi connectivity index (χ0n) is 23.1. The highest BCUT2D eigenvalue weighted by atomic mass is 16.5. The highest BCUT2D eigenvalue weighted by Crippen LogP contribution is 2.34. The molecule has 4 heterocycles. The fourth-order valence-corrected chi connectivity index (χ4v) is 6.03. The molecule has 2 aliphatic heterocycles. The molecule has 10 heteroatoms. The predicted molar refractivity (Wildman–Crippen MR) is 159 cm³/mol. The third-order valence-electron chi connectivity index (χ3n) is 8.12. The fourth-order valence-electron chi connectivity index (χ4n) is 6.03. The molecule has 2 aromatic carbocycles. The van der Waals surface area contributed by atoms with E-state index in [1.54, 1.807) is 26.3 Å². The van der Waals surface area contributed by atoms with Gasteiger partial charge in [-0.2, -0.15) is 4.98 Å². The minimum absolute atomic E-state index is 0.199. The van der Waals surface area contributed by atoms with Crippen LogP contribution < -0.4 is 26.0 Å². The van der Waals surface area contributed by atoms with Gasteiger partial charge in [0.25, 0.3) is 5.91 Å². The van der Waals surface area contributed by atoms with Gasteiger partial charge in [0.2, 0.25) is 5.95 Å². The number of hydrogen-bond donors (Lipinski definition) is 3. The number of benzene rings is 2. The summed E-state index contributed by atoms with van der Waals surface area (Å²) in [6, 6.07) is 16.2. The Labute approximate surface area is 234 Å². The molecule has 6 rings (SSSR count). The van der Waals surface area contributed by atoms with Gasteiger partial charge in [-0.1, -0.05) is 12.1 Å². The van der Waals surface area contributed by atoms with Crippen LogP contribution in [0.4, 0.5) is 23.1 Å². The summed E-state index contributed by atoms with van der Waals surface area (Å²) in [5.41, 5.74) is 11.0. The number of carbonyl (C=O) groups excluding carboxylic acids is 1. The number of hydrogen-bond acceptors (Lipinski definition) is 8. The molecule has 0 bridgehead atoms. The summed E-state index contributed by atoms with van der Waals surface area (Å²) in [6.45, 7) is 4.61.